The predicted octanol–water partition coefficient (Wildman–Crippen LogP) is 3.41. The van der Waals surface area contributed by atoms with Crippen molar-refractivity contribution in [2.24, 2.45) is 5.92 Å². The highest BCUT2D eigenvalue weighted by atomic mass is 32.2. The first-order chi connectivity index (χ1) is 24.7. The Morgan fingerprint density at radius 3 is 2.65 bits per heavy atom. The summed E-state index contributed by atoms with van der Waals surface area (Å²) >= 11 is 0. The molecule has 1 saturated heterocycles. The monoisotopic (exact) mass is 737 g/mol. The standard InChI is InChI=1S/C37H47N5O9S/c1-36(2,3)51-35(46)39-28-14-8-6-4-5-7-11-22-20-37(22,34(45)41-52(47,48)24-15-16-24)40-31(43)29-19-23(21-42(29)33(28)44)50-32-26-17-18-49-30(26)25-12-9-10-13-27(25)38-32/h7,9-13,22-24,28-29H,4-6,8,14-21H2,1-3H3,(H,39,46)(H,40,43)(H,41,45)/b11-7-/t22-,23-,28+,29+,37-/m1/s1. The Labute approximate surface area is 303 Å². The van der Waals surface area contributed by atoms with Gasteiger partial charge in [-0.3, -0.25) is 19.1 Å². The van der Waals surface area contributed by atoms with Crippen molar-refractivity contribution in [2.45, 2.75) is 120 Å². The zero-order valence-corrected chi connectivity index (χ0v) is 30.6. The van der Waals surface area contributed by atoms with Gasteiger partial charge in [0.25, 0.3) is 5.91 Å². The molecule has 14 nitrogen and oxygen atoms in total. The fraction of sp³-hybridized carbons (Fsp3) is 0.595. The summed E-state index contributed by atoms with van der Waals surface area (Å²) in [5.41, 5.74) is -0.796. The third kappa shape index (κ3) is 7.55. The molecule has 1 aromatic carbocycles. The summed E-state index contributed by atoms with van der Waals surface area (Å²) in [7, 11) is -3.88. The summed E-state index contributed by atoms with van der Waals surface area (Å²) in [6.07, 6.45) is 7.45. The Bertz CT molecular complexity index is 1910. The lowest BCUT2D eigenvalue weighted by Crippen LogP contribution is -2.58. The number of allylic oxidation sites excluding steroid dienone is 1. The lowest BCUT2D eigenvalue weighted by atomic mass is 10.0. The van der Waals surface area contributed by atoms with Crippen molar-refractivity contribution in [3.8, 4) is 11.6 Å². The second-order valence-corrected chi connectivity index (χ2v) is 17.5. The van der Waals surface area contributed by atoms with Crippen LogP contribution in [-0.4, -0.2) is 89.8 Å². The van der Waals surface area contributed by atoms with Crippen molar-refractivity contribution in [1.82, 2.24) is 25.2 Å². The number of alkyl carbamates (subject to hydrolysis) is 1. The number of amides is 4. The number of rotatable bonds is 6. The molecule has 280 valence electrons. The van der Waals surface area contributed by atoms with Gasteiger partial charge in [0.1, 0.15) is 35.1 Å². The molecule has 3 fully saturated rings. The first kappa shape index (κ1) is 36.0. The first-order valence-corrected chi connectivity index (χ1v) is 19.8. The molecule has 2 aliphatic carbocycles. The Kier molecular flexibility index (Phi) is 9.59. The lowest BCUT2D eigenvalue weighted by Gasteiger charge is -2.30. The van der Waals surface area contributed by atoms with Gasteiger partial charge in [-0.2, -0.15) is 0 Å². The van der Waals surface area contributed by atoms with Crippen molar-refractivity contribution in [3.05, 3.63) is 42.0 Å². The van der Waals surface area contributed by atoms with E-state index in [1.165, 1.54) is 4.90 Å². The van der Waals surface area contributed by atoms with E-state index in [4.69, 9.17) is 19.2 Å². The highest BCUT2D eigenvalue weighted by molar-refractivity contribution is 7.91. The highest BCUT2D eigenvalue weighted by Gasteiger charge is 2.62. The highest BCUT2D eigenvalue weighted by Crippen LogP contribution is 2.46. The zero-order chi connectivity index (χ0) is 36.8. The fourth-order valence-electron chi connectivity index (χ4n) is 7.39. The zero-order valence-electron chi connectivity index (χ0n) is 29.8. The molecule has 0 unspecified atom stereocenters. The van der Waals surface area contributed by atoms with Gasteiger partial charge in [0, 0.05) is 24.1 Å². The van der Waals surface area contributed by atoms with Crippen LogP contribution in [0.1, 0.15) is 84.1 Å². The molecule has 1 aromatic heterocycles. The van der Waals surface area contributed by atoms with E-state index in [-0.39, 0.29) is 19.4 Å². The number of para-hydroxylation sites is 1. The molecule has 7 rings (SSSR count). The SMILES string of the molecule is CC(C)(C)OC(=O)N[C@H]1CCCCC/C=C\[C@@H]2C[C@@]2(C(=O)NS(=O)(=O)C2CC2)NC(=O)[C@@H]2C[C@@H](Oc3nc4ccccc4c4c3CCO4)CN2C1=O. The van der Waals surface area contributed by atoms with Crippen molar-refractivity contribution >= 4 is 44.7 Å². The van der Waals surface area contributed by atoms with Gasteiger partial charge in [0.05, 0.1) is 29.5 Å². The number of sulfonamides is 1. The van der Waals surface area contributed by atoms with Crippen molar-refractivity contribution in [1.29, 1.82) is 0 Å². The van der Waals surface area contributed by atoms with Gasteiger partial charge < -0.3 is 29.7 Å². The van der Waals surface area contributed by atoms with E-state index < -0.39 is 74.3 Å². The van der Waals surface area contributed by atoms with Gasteiger partial charge in [0.15, 0.2) is 0 Å². The smallest absolute Gasteiger partial charge is 0.408 e. The number of aromatic nitrogens is 1. The number of nitrogens with one attached hydrogen (secondary N) is 3. The van der Waals surface area contributed by atoms with Crippen LogP contribution in [0.2, 0.25) is 0 Å². The van der Waals surface area contributed by atoms with Crippen LogP contribution in [0.4, 0.5) is 4.79 Å². The maximum atomic E-state index is 14.5. The largest absolute Gasteiger partial charge is 0.492 e. The van der Waals surface area contributed by atoms with Gasteiger partial charge in [-0.25, -0.2) is 18.2 Å². The van der Waals surface area contributed by atoms with E-state index in [2.05, 4.69) is 15.4 Å². The Hall–Kier alpha value is -4.40. The van der Waals surface area contributed by atoms with E-state index in [0.29, 0.717) is 62.3 Å². The number of hydrogen-bond acceptors (Lipinski definition) is 10. The second kappa shape index (κ2) is 13.9. The van der Waals surface area contributed by atoms with Gasteiger partial charge in [-0.15, -0.1) is 0 Å². The third-order valence-electron chi connectivity index (χ3n) is 10.3. The molecule has 4 amide bonds. The van der Waals surface area contributed by atoms with Crippen LogP contribution in [0.15, 0.2) is 36.4 Å². The molecule has 5 aliphatic rings. The molecule has 4 heterocycles. The topological polar surface area (TPSA) is 182 Å². The second-order valence-electron chi connectivity index (χ2n) is 15.5. The number of hydrogen-bond donors (Lipinski definition) is 3. The summed E-state index contributed by atoms with van der Waals surface area (Å²) < 4.78 is 45.8. The average molecular weight is 738 g/mol. The van der Waals surface area contributed by atoms with Crippen LogP contribution in [0.5, 0.6) is 11.6 Å². The summed E-state index contributed by atoms with van der Waals surface area (Å²) in [4.78, 5) is 61.7. The van der Waals surface area contributed by atoms with Crippen LogP contribution in [0, 0.1) is 5.92 Å². The molecule has 3 N–H and O–H groups in total. The van der Waals surface area contributed by atoms with E-state index >= 15 is 0 Å². The Morgan fingerprint density at radius 2 is 1.88 bits per heavy atom. The molecule has 0 spiro atoms. The molecule has 5 atom stereocenters. The molecule has 0 bridgehead atoms. The average Bonchev–Trinajstić information content (AvgIpc) is 3.95. The van der Waals surface area contributed by atoms with Crippen LogP contribution >= 0.6 is 0 Å². The van der Waals surface area contributed by atoms with Crippen LogP contribution in [0.3, 0.4) is 0 Å². The van der Waals surface area contributed by atoms with Gasteiger partial charge in [-0.05, 0) is 71.4 Å². The number of pyridine rings is 1. The Morgan fingerprint density at radius 1 is 1.10 bits per heavy atom. The molecule has 2 saturated carbocycles. The molecular weight excluding hydrogens is 690 g/mol. The van der Waals surface area contributed by atoms with Gasteiger partial charge in [-0.1, -0.05) is 37.1 Å². The number of benzene rings is 1. The summed E-state index contributed by atoms with van der Waals surface area (Å²) in [6.45, 7) is 5.67. The fourth-order valence-corrected chi connectivity index (χ4v) is 8.76. The minimum absolute atomic E-state index is 0.00609. The normalized spacial score (nSPS) is 28.6. The van der Waals surface area contributed by atoms with Crippen molar-refractivity contribution < 1.29 is 41.8 Å². The number of carbonyl (C=O) groups is 4. The number of nitrogens with zero attached hydrogens (tertiary/aromatic N) is 2. The van der Waals surface area contributed by atoms with E-state index in [1.54, 1.807) is 20.8 Å². The molecule has 15 heteroatoms. The van der Waals surface area contributed by atoms with E-state index in [1.807, 2.05) is 36.4 Å². The van der Waals surface area contributed by atoms with Gasteiger partial charge >= 0.3 is 6.09 Å². The lowest BCUT2D eigenvalue weighted by molar-refractivity contribution is -0.141. The minimum atomic E-state index is -3.88. The van der Waals surface area contributed by atoms with E-state index in [9.17, 15) is 27.6 Å². The number of carbonyl (C=O) groups excluding carboxylic acids is 4. The van der Waals surface area contributed by atoms with Crippen molar-refractivity contribution in [3.63, 3.8) is 0 Å². The first-order valence-electron chi connectivity index (χ1n) is 18.3. The molecule has 2 aromatic rings. The minimum Gasteiger partial charge on any atom is -0.492 e. The molecule has 3 aliphatic heterocycles. The number of ether oxygens (including phenoxy) is 3. The van der Waals surface area contributed by atoms with Crippen LogP contribution in [-0.2, 0) is 35.6 Å². The third-order valence-corrected chi connectivity index (χ3v) is 12.1. The number of fused-ring (bicyclic) bond motifs is 5. The van der Waals surface area contributed by atoms with Crippen LogP contribution in [0.25, 0.3) is 10.9 Å². The van der Waals surface area contributed by atoms with E-state index in [0.717, 1.165) is 23.8 Å². The van der Waals surface area contributed by atoms with Crippen LogP contribution < -0.4 is 24.8 Å². The molecule has 0 radical (unpaired) electrons. The molecule has 52 heavy (non-hydrogen) atoms. The summed E-state index contributed by atoms with van der Waals surface area (Å²) in [5.74, 6) is -1.22. The molecular formula is C37H47N5O9S. The quantitative estimate of drug-likeness (QED) is 0.372. The summed E-state index contributed by atoms with van der Waals surface area (Å²) in [6, 6.07) is 5.50. The maximum Gasteiger partial charge on any atom is 0.408 e. The summed E-state index contributed by atoms with van der Waals surface area (Å²) in [5, 5.41) is 5.88. The van der Waals surface area contributed by atoms with Crippen molar-refractivity contribution in [2.75, 3.05) is 13.2 Å². The van der Waals surface area contributed by atoms with Gasteiger partial charge in [0.2, 0.25) is 27.7 Å². The Balaban J connectivity index is 1.20. The predicted molar refractivity (Wildman–Crippen MR) is 190 cm³/mol. The maximum absolute atomic E-state index is 14.5.